The van der Waals surface area contributed by atoms with Crippen LogP contribution in [-0.4, -0.2) is 14.9 Å². The molecule has 23 heavy (non-hydrogen) atoms. The molecule has 3 nitrogen and oxygen atoms in total. The molecule has 1 N–H and O–H groups in total. The Bertz CT molecular complexity index is 833. The van der Waals surface area contributed by atoms with Crippen LogP contribution in [0.2, 0.25) is 0 Å². The zero-order valence-electron chi connectivity index (χ0n) is 13.9. The van der Waals surface area contributed by atoms with Gasteiger partial charge < -0.3 is 5.11 Å². The first-order chi connectivity index (χ1) is 11.1. The second-order valence-corrected chi connectivity index (χ2v) is 6.01. The summed E-state index contributed by atoms with van der Waals surface area (Å²) in [6.45, 7) is 6.21. The van der Waals surface area contributed by atoms with Crippen molar-refractivity contribution in [2.24, 2.45) is 0 Å². The molecule has 118 valence electrons. The molecule has 3 heteroatoms. The van der Waals surface area contributed by atoms with Crippen LogP contribution < -0.4 is 0 Å². The van der Waals surface area contributed by atoms with Crippen molar-refractivity contribution >= 4 is 0 Å². The van der Waals surface area contributed by atoms with Gasteiger partial charge in [-0.05, 0) is 44.0 Å². The van der Waals surface area contributed by atoms with Gasteiger partial charge in [-0.3, -0.25) is 0 Å². The normalized spacial score (nSPS) is 10.9. The minimum Gasteiger partial charge on any atom is -0.504 e. The highest BCUT2D eigenvalue weighted by Crippen LogP contribution is 2.35. The number of rotatable bonds is 4. The number of hydrogen-bond donors (Lipinski definition) is 1. The van der Waals surface area contributed by atoms with Gasteiger partial charge in [0.2, 0.25) is 0 Å². The first kappa shape index (κ1) is 15.3. The lowest BCUT2D eigenvalue weighted by Gasteiger charge is -2.09. The summed E-state index contributed by atoms with van der Waals surface area (Å²) in [7, 11) is 0. The van der Waals surface area contributed by atoms with Gasteiger partial charge in [-0.15, -0.1) is 0 Å². The summed E-state index contributed by atoms with van der Waals surface area (Å²) in [4.78, 5) is 0. The third-order valence-electron chi connectivity index (χ3n) is 3.95. The third kappa shape index (κ3) is 3.00. The van der Waals surface area contributed by atoms with Gasteiger partial charge in [0.1, 0.15) is 11.4 Å². The lowest BCUT2D eigenvalue weighted by molar-refractivity contribution is 0.469. The quantitative estimate of drug-likeness (QED) is 0.751. The molecule has 0 saturated heterocycles. The van der Waals surface area contributed by atoms with Gasteiger partial charge >= 0.3 is 0 Å². The first-order valence-corrected chi connectivity index (χ1v) is 8.05. The number of aryl methyl sites for hydroxylation is 3. The van der Waals surface area contributed by atoms with Gasteiger partial charge in [0, 0.05) is 5.56 Å². The first-order valence-electron chi connectivity index (χ1n) is 8.05. The van der Waals surface area contributed by atoms with Crippen molar-refractivity contribution in [2.45, 2.75) is 33.6 Å². The Morgan fingerprint density at radius 2 is 1.70 bits per heavy atom. The molecule has 0 saturated carbocycles. The molecule has 1 aromatic heterocycles. The summed E-state index contributed by atoms with van der Waals surface area (Å²) in [6, 6.07) is 16.4. The fourth-order valence-electron chi connectivity index (χ4n) is 2.86. The maximum Gasteiger partial charge on any atom is 0.165 e. The standard InChI is InChI=1S/C20H22N2O/c1-4-7-18-20(23)19(16-10-5-8-14(2)12-16)22(21-18)17-11-6-9-15(3)13-17/h5-6,8-13,23H,4,7H2,1-3H3. The molecule has 0 aliphatic heterocycles. The van der Waals surface area contributed by atoms with Crippen LogP contribution in [0.3, 0.4) is 0 Å². The average Bonchev–Trinajstić information content (AvgIpc) is 2.85. The summed E-state index contributed by atoms with van der Waals surface area (Å²) in [6.07, 6.45) is 1.72. The summed E-state index contributed by atoms with van der Waals surface area (Å²) in [5.74, 6) is 0.291. The van der Waals surface area contributed by atoms with Gasteiger partial charge in [-0.25, -0.2) is 4.68 Å². The van der Waals surface area contributed by atoms with Crippen LogP contribution in [0, 0.1) is 13.8 Å². The number of nitrogens with zero attached hydrogens (tertiary/aromatic N) is 2. The minimum absolute atomic E-state index is 0.291. The maximum atomic E-state index is 10.7. The van der Waals surface area contributed by atoms with Gasteiger partial charge in [0.25, 0.3) is 0 Å². The second kappa shape index (κ2) is 6.29. The van der Waals surface area contributed by atoms with Crippen molar-refractivity contribution in [3.05, 3.63) is 65.4 Å². The highest BCUT2D eigenvalue weighted by molar-refractivity contribution is 5.70. The molecule has 3 rings (SSSR count). The van der Waals surface area contributed by atoms with Gasteiger partial charge in [0.15, 0.2) is 5.75 Å². The van der Waals surface area contributed by atoms with Crippen LogP contribution in [0.4, 0.5) is 0 Å². The van der Waals surface area contributed by atoms with Crippen LogP contribution in [0.15, 0.2) is 48.5 Å². The topological polar surface area (TPSA) is 38.0 Å². The molecule has 0 atom stereocenters. The van der Waals surface area contributed by atoms with E-state index in [4.69, 9.17) is 0 Å². The molecule has 0 aliphatic rings. The molecule has 0 aliphatic carbocycles. The lowest BCUT2D eigenvalue weighted by Crippen LogP contribution is -2.00. The molecular weight excluding hydrogens is 284 g/mol. The van der Waals surface area contributed by atoms with Crippen molar-refractivity contribution in [3.63, 3.8) is 0 Å². The van der Waals surface area contributed by atoms with Gasteiger partial charge in [0.05, 0.1) is 5.69 Å². The molecule has 0 fully saturated rings. The number of aromatic nitrogens is 2. The zero-order valence-corrected chi connectivity index (χ0v) is 13.9. The van der Waals surface area contributed by atoms with E-state index in [0.717, 1.165) is 41.0 Å². The molecule has 3 aromatic rings. The molecular formula is C20H22N2O. The van der Waals surface area contributed by atoms with E-state index >= 15 is 0 Å². The molecule has 0 spiro atoms. The average molecular weight is 306 g/mol. The molecule has 2 aromatic carbocycles. The molecule has 0 unspecified atom stereocenters. The number of aromatic hydroxyl groups is 1. The molecule has 0 radical (unpaired) electrons. The van der Waals surface area contributed by atoms with E-state index in [-0.39, 0.29) is 0 Å². The van der Waals surface area contributed by atoms with Crippen LogP contribution in [0.5, 0.6) is 5.75 Å². The van der Waals surface area contributed by atoms with Crippen LogP contribution in [0.1, 0.15) is 30.2 Å². The van der Waals surface area contributed by atoms with E-state index < -0.39 is 0 Å². The van der Waals surface area contributed by atoms with Crippen molar-refractivity contribution in [2.75, 3.05) is 0 Å². The fraction of sp³-hybridized carbons (Fsp3) is 0.250. The Balaban J connectivity index is 2.24. The Labute approximate surface area is 137 Å². The Morgan fingerprint density at radius 1 is 1.00 bits per heavy atom. The summed E-state index contributed by atoms with van der Waals surface area (Å²) < 4.78 is 1.86. The van der Waals surface area contributed by atoms with Crippen molar-refractivity contribution in [1.29, 1.82) is 0 Å². The van der Waals surface area contributed by atoms with E-state index in [2.05, 4.69) is 50.1 Å². The van der Waals surface area contributed by atoms with E-state index in [0.29, 0.717) is 5.75 Å². The van der Waals surface area contributed by atoms with E-state index in [9.17, 15) is 5.11 Å². The highest BCUT2D eigenvalue weighted by Gasteiger charge is 2.19. The van der Waals surface area contributed by atoms with E-state index in [1.807, 2.05) is 28.9 Å². The Kier molecular flexibility index (Phi) is 4.20. The SMILES string of the molecule is CCCc1nn(-c2cccc(C)c2)c(-c2cccc(C)c2)c1O. The van der Waals surface area contributed by atoms with Crippen LogP contribution >= 0.6 is 0 Å². The van der Waals surface area contributed by atoms with E-state index in [1.165, 1.54) is 5.56 Å². The minimum atomic E-state index is 0.291. The molecule has 0 bridgehead atoms. The van der Waals surface area contributed by atoms with Crippen LogP contribution in [-0.2, 0) is 6.42 Å². The second-order valence-electron chi connectivity index (χ2n) is 6.01. The highest BCUT2D eigenvalue weighted by atomic mass is 16.3. The predicted octanol–water partition coefficient (Wildman–Crippen LogP) is 4.81. The monoisotopic (exact) mass is 306 g/mol. The van der Waals surface area contributed by atoms with Gasteiger partial charge in [-0.1, -0.05) is 49.2 Å². The summed E-state index contributed by atoms with van der Waals surface area (Å²) in [5, 5.41) is 15.4. The van der Waals surface area contributed by atoms with Crippen molar-refractivity contribution in [1.82, 2.24) is 9.78 Å². The fourth-order valence-corrected chi connectivity index (χ4v) is 2.86. The van der Waals surface area contributed by atoms with Crippen molar-refractivity contribution < 1.29 is 5.11 Å². The Morgan fingerprint density at radius 3 is 2.35 bits per heavy atom. The Hall–Kier alpha value is -2.55. The third-order valence-corrected chi connectivity index (χ3v) is 3.95. The predicted molar refractivity (Wildman–Crippen MR) is 94.1 cm³/mol. The molecule has 0 amide bonds. The zero-order chi connectivity index (χ0) is 16.4. The smallest absolute Gasteiger partial charge is 0.165 e. The number of hydrogen-bond acceptors (Lipinski definition) is 2. The molecule has 1 heterocycles. The lowest BCUT2D eigenvalue weighted by atomic mass is 10.1. The van der Waals surface area contributed by atoms with E-state index in [1.54, 1.807) is 0 Å². The van der Waals surface area contributed by atoms with Crippen molar-refractivity contribution in [3.8, 4) is 22.7 Å². The van der Waals surface area contributed by atoms with Crippen LogP contribution in [0.25, 0.3) is 16.9 Å². The summed E-state index contributed by atoms with van der Waals surface area (Å²) >= 11 is 0. The number of benzene rings is 2. The van der Waals surface area contributed by atoms with Gasteiger partial charge in [-0.2, -0.15) is 5.10 Å². The maximum absolute atomic E-state index is 10.7. The largest absolute Gasteiger partial charge is 0.504 e. The summed E-state index contributed by atoms with van der Waals surface area (Å²) in [5.41, 5.74) is 5.81.